The van der Waals surface area contributed by atoms with Crippen LogP contribution in [0.25, 0.3) is 0 Å². The Balaban J connectivity index is 1.64. The minimum absolute atomic E-state index is 0.0981. The van der Waals surface area contributed by atoms with Crippen molar-refractivity contribution in [3.05, 3.63) is 29.6 Å². The first kappa shape index (κ1) is 15.4. The number of amides is 1. The average Bonchev–Trinajstić information content (AvgIpc) is 3.04. The monoisotopic (exact) mass is 303 g/mol. The maximum Gasteiger partial charge on any atom is 0.255 e. The lowest BCUT2D eigenvalue weighted by molar-refractivity contribution is 0.0201. The third kappa shape index (κ3) is 3.01. The van der Waals surface area contributed by atoms with Gasteiger partial charge in [-0.05, 0) is 46.0 Å². The van der Waals surface area contributed by atoms with Gasteiger partial charge in [-0.25, -0.2) is 0 Å². The van der Waals surface area contributed by atoms with Crippen molar-refractivity contribution in [2.45, 2.75) is 31.9 Å². The number of hydrogen-bond acceptors (Lipinski definition) is 4. The zero-order chi connectivity index (χ0) is 15.7. The highest BCUT2D eigenvalue weighted by Gasteiger charge is 2.49. The molecule has 0 unspecified atom stereocenters. The molecule has 3 atom stereocenters. The standard InChI is InChI=1S/C17H25N3O2/c1-12-4-5-13(10-18-12)17(21)20-11-14-6-7-15(20)16(14)22-9-8-19(2)3/h4-5,10,14-16H,6-9,11H2,1-3H3/t14-,15+,16+/m1/s1. The van der Waals surface area contributed by atoms with Crippen molar-refractivity contribution >= 4 is 5.91 Å². The largest absolute Gasteiger partial charge is 0.374 e. The maximum absolute atomic E-state index is 12.7. The van der Waals surface area contributed by atoms with Crippen molar-refractivity contribution in [1.29, 1.82) is 0 Å². The van der Waals surface area contributed by atoms with Gasteiger partial charge in [-0.1, -0.05) is 0 Å². The highest BCUT2D eigenvalue weighted by atomic mass is 16.5. The molecule has 3 rings (SSSR count). The Morgan fingerprint density at radius 3 is 2.91 bits per heavy atom. The summed E-state index contributed by atoms with van der Waals surface area (Å²) < 4.78 is 6.09. The van der Waals surface area contributed by atoms with E-state index in [4.69, 9.17) is 4.74 Å². The van der Waals surface area contributed by atoms with E-state index in [0.717, 1.165) is 31.8 Å². The van der Waals surface area contributed by atoms with Crippen molar-refractivity contribution in [2.24, 2.45) is 5.92 Å². The van der Waals surface area contributed by atoms with Gasteiger partial charge in [-0.15, -0.1) is 0 Å². The highest BCUT2D eigenvalue weighted by Crippen LogP contribution is 2.40. The minimum Gasteiger partial charge on any atom is -0.374 e. The summed E-state index contributed by atoms with van der Waals surface area (Å²) in [6.45, 7) is 4.41. The number of carbonyl (C=O) groups excluding carboxylic acids is 1. The molecule has 5 heteroatoms. The lowest BCUT2D eigenvalue weighted by atomic mass is 10.1. The van der Waals surface area contributed by atoms with Crippen LogP contribution in [0.15, 0.2) is 18.3 Å². The number of hydrogen-bond donors (Lipinski definition) is 0. The number of pyridine rings is 1. The normalized spacial score (nSPS) is 26.9. The van der Waals surface area contributed by atoms with E-state index >= 15 is 0 Å². The number of carbonyl (C=O) groups is 1. The van der Waals surface area contributed by atoms with Crippen LogP contribution in [0.2, 0.25) is 0 Å². The van der Waals surface area contributed by atoms with E-state index in [1.165, 1.54) is 6.42 Å². The van der Waals surface area contributed by atoms with Gasteiger partial charge >= 0.3 is 0 Å². The van der Waals surface area contributed by atoms with Crippen LogP contribution in [0.1, 0.15) is 28.9 Å². The molecule has 1 aromatic rings. The second kappa shape index (κ2) is 6.34. The number of likely N-dealkylation sites (N-methyl/N-ethyl adjacent to an activating group) is 1. The summed E-state index contributed by atoms with van der Waals surface area (Å²) in [7, 11) is 4.10. The number of likely N-dealkylation sites (tertiary alicyclic amines) is 1. The molecule has 22 heavy (non-hydrogen) atoms. The van der Waals surface area contributed by atoms with E-state index in [9.17, 15) is 4.79 Å². The molecule has 2 aliphatic rings. The van der Waals surface area contributed by atoms with Crippen LogP contribution in [0.5, 0.6) is 0 Å². The fourth-order valence-electron chi connectivity index (χ4n) is 3.56. The van der Waals surface area contributed by atoms with Crippen LogP contribution in [0.3, 0.4) is 0 Å². The van der Waals surface area contributed by atoms with E-state index in [2.05, 4.69) is 9.88 Å². The van der Waals surface area contributed by atoms with Gasteiger partial charge < -0.3 is 14.5 Å². The molecule has 0 radical (unpaired) electrons. The maximum atomic E-state index is 12.7. The summed E-state index contributed by atoms with van der Waals surface area (Å²) in [5.41, 5.74) is 1.62. The van der Waals surface area contributed by atoms with Gasteiger partial charge in [0.25, 0.3) is 5.91 Å². The molecule has 2 bridgehead atoms. The first-order valence-electron chi connectivity index (χ1n) is 8.06. The molecule has 0 spiro atoms. The summed E-state index contributed by atoms with van der Waals surface area (Å²) in [6.07, 6.45) is 4.13. The Labute approximate surface area is 132 Å². The predicted octanol–water partition coefficient (Wildman–Crippen LogP) is 1.57. The summed E-state index contributed by atoms with van der Waals surface area (Å²) in [4.78, 5) is 21.1. The summed E-state index contributed by atoms with van der Waals surface area (Å²) in [6, 6.07) is 4.01. The fourth-order valence-corrected chi connectivity index (χ4v) is 3.56. The number of ether oxygens (including phenoxy) is 1. The SMILES string of the molecule is Cc1ccc(C(=O)N2C[C@H]3CC[C@H]2[C@H]3OCCN(C)C)cn1. The molecule has 1 aliphatic carbocycles. The van der Waals surface area contributed by atoms with Crippen molar-refractivity contribution in [1.82, 2.24) is 14.8 Å². The van der Waals surface area contributed by atoms with Gasteiger partial charge in [0.2, 0.25) is 0 Å². The third-order valence-electron chi connectivity index (χ3n) is 4.78. The zero-order valence-corrected chi connectivity index (χ0v) is 13.7. The third-order valence-corrected chi connectivity index (χ3v) is 4.78. The fraction of sp³-hybridized carbons (Fsp3) is 0.647. The summed E-state index contributed by atoms with van der Waals surface area (Å²) in [5.74, 6) is 0.593. The smallest absolute Gasteiger partial charge is 0.255 e. The van der Waals surface area contributed by atoms with Crippen molar-refractivity contribution in [3.8, 4) is 0 Å². The predicted molar refractivity (Wildman–Crippen MR) is 84.8 cm³/mol. The van der Waals surface area contributed by atoms with Crippen LogP contribution in [-0.2, 0) is 4.74 Å². The lowest BCUT2D eigenvalue weighted by Crippen LogP contribution is -2.40. The minimum atomic E-state index is 0.0981. The Bertz CT molecular complexity index is 529. The van der Waals surface area contributed by atoms with E-state index in [1.54, 1.807) is 6.20 Å². The van der Waals surface area contributed by atoms with E-state index in [0.29, 0.717) is 11.5 Å². The van der Waals surface area contributed by atoms with Crippen molar-refractivity contribution in [2.75, 3.05) is 33.8 Å². The number of aryl methyl sites for hydroxylation is 1. The Kier molecular flexibility index (Phi) is 4.45. The Morgan fingerprint density at radius 2 is 2.23 bits per heavy atom. The highest BCUT2D eigenvalue weighted by molar-refractivity contribution is 5.94. The van der Waals surface area contributed by atoms with Crippen molar-refractivity contribution in [3.63, 3.8) is 0 Å². The number of piperidine rings is 1. The zero-order valence-electron chi connectivity index (χ0n) is 13.7. The summed E-state index contributed by atoms with van der Waals surface area (Å²) in [5, 5.41) is 0. The number of aromatic nitrogens is 1. The molecule has 1 aliphatic heterocycles. The molecule has 5 nitrogen and oxygen atoms in total. The molecular formula is C17H25N3O2. The topological polar surface area (TPSA) is 45.7 Å². The van der Waals surface area contributed by atoms with E-state index in [-0.39, 0.29) is 18.1 Å². The van der Waals surface area contributed by atoms with Crippen LogP contribution >= 0.6 is 0 Å². The molecule has 120 valence electrons. The van der Waals surface area contributed by atoms with Gasteiger partial charge in [-0.3, -0.25) is 9.78 Å². The molecule has 2 heterocycles. The molecule has 2 fully saturated rings. The number of fused-ring (bicyclic) bond motifs is 2. The van der Waals surface area contributed by atoms with Crippen LogP contribution in [0, 0.1) is 12.8 Å². The average molecular weight is 303 g/mol. The van der Waals surface area contributed by atoms with E-state index in [1.807, 2.05) is 38.1 Å². The molecule has 1 saturated carbocycles. The van der Waals surface area contributed by atoms with E-state index < -0.39 is 0 Å². The second-order valence-corrected chi connectivity index (χ2v) is 6.69. The van der Waals surface area contributed by atoms with Crippen LogP contribution in [0.4, 0.5) is 0 Å². The molecule has 0 aromatic carbocycles. The number of nitrogens with zero attached hydrogens (tertiary/aromatic N) is 3. The number of rotatable bonds is 5. The first-order valence-corrected chi connectivity index (χ1v) is 8.06. The summed E-state index contributed by atoms with van der Waals surface area (Å²) >= 11 is 0. The van der Waals surface area contributed by atoms with Gasteiger partial charge in [-0.2, -0.15) is 0 Å². The molecule has 1 saturated heterocycles. The Morgan fingerprint density at radius 1 is 1.41 bits per heavy atom. The molecular weight excluding hydrogens is 278 g/mol. The molecule has 0 N–H and O–H groups in total. The second-order valence-electron chi connectivity index (χ2n) is 6.69. The van der Waals surface area contributed by atoms with Crippen LogP contribution < -0.4 is 0 Å². The quantitative estimate of drug-likeness (QED) is 0.828. The van der Waals surface area contributed by atoms with Crippen molar-refractivity contribution < 1.29 is 9.53 Å². The lowest BCUT2D eigenvalue weighted by Gasteiger charge is -2.27. The molecule has 1 amide bonds. The van der Waals surface area contributed by atoms with Gasteiger partial charge in [0.1, 0.15) is 0 Å². The van der Waals surface area contributed by atoms with Gasteiger partial charge in [0.15, 0.2) is 0 Å². The Hall–Kier alpha value is -1.46. The van der Waals surface area contributed by atoms with Gasteiger partial charge in [0, 0.05) is 30.9 Å². The van der Waals surface area contributed by atoms with Gasteiger partial charge in [0.05, 0.1) is 24.3 Å². The molecule has 1 aromatic heterocycles. The first-order chi connectivity index (χ1) is 10.6. The van der Waals surface area contributed by atoms with Crippen LogP contribution in [-0.4, -0.2) is 66.6 Å².